The third-order valence-electron chi connectivity index (χ3n) is 9.05. The van der Waals surface area contributed by atoms with Gasteiger partial charge in [0.2, 0.25) is 0 Å². The lowest BCUT2D eigenvalue weighted by Crippen LogP contribution is -2.51. The number of benzene rings is 1. The number of hydrogen-bond donors (Lipinski definition) is 1. The molecule has 3 aromatic heterocycles. The zero-order valence-corrected chi connectivity index (χ0v) is 25.4. The summed E-state index contributed by atoms with van der Waals surface area (Å²) in [5.41, 5.74) is 7.22. The van der Waals surface area contributed by atoms with Gasteiger partial charge in [-0.3, -0.25) is 19.4 Å². The fourth-order valence-corrected chi connectivity index (χ4v) is 6.69. The van der Waals surface area contributed by atoms with E-state index in [0.29, 0.717) is 34.8 Å². The van der Waals surface area contributed by atoms with Gasteiger partial charge in [0.1, 0.15) is 5.82 Å². The van der Waals surface area contributed by atoms with Crippen LogP contribution in [0.3, 0.4) is 0 Å². The Morgan fingerprint density at radius 3 is 2.46 bits per heavy atom. The van der Waals surface area contributed by atoms with Crippen LogP contribution in [0.1, 0.15) is 60.2 Å². The molecule has 240 valence electrons. The average molecular weight is 635 g/mol. The van der Waals surface area contributed by atoms with Gasteiger partial charge in [0, 0.05) is 24.0 Å². The zero-order chi connectivity index (χ0) is 32.3. The lowest BCUT2D eigenvalue weighted by atomic mass is 9.91. The van der Waals surface area contributed by atoms with Crippen molar-refractivity contribution in [3.63, 3.8) is 0 Å². The fraction of sp³-hybridized carbons (Fsp3) is 0.438. The molecule has 3 aliphatic heterocycles. The summed E-state index contributed by atoms with van der Waals surface area (Å²) in [6, 6.07) is 4.74. The number of fused-ring (bicyclic) bond motifs is 2. The van der Waals surface area contributed by atoms with E-state index in [4.69, 9.17) is 20.6 Å². The highest BCUT2D eigenvalue weighted by atomic mass is 19.3. The number of primary amides is 1. The van der Waals surface area contributed by atoms with Crippen molar-refractivity contribution in [2.24, 2.45) is 11.7 Å². The molecule has 14 heteroatoms. The fourth-order valence-electron chi connectivity index (χ4n) is 6.69. The molecule has 6 heterocycles. The molecular formula is C32H33F3N8O3. The molecule has 0 unspecified atom stereocenters. The van der Waals surface area contributed by atoms with Gasteiger partial charge in [0.05, 0.1) is 72.9 Å². The molecule has 2 amide bonds. The number of anilines is 1. The molecule has 2 fully saturated rings. The van der Waals surface area contributed by atoms with E-state index in [9.17, 15) is 14.0 Å². The van der Waals surface area contributed by atoms with Gasteiger partial charge >= 0.3 is 11.8 Å². The quantitative estimate of drug-likeness (QED) is 0.308. The van der Waals surface area contributed by atoms with Crippen LogP contribution in [0.5, 0.6) is 0 Å². The van der Waals surface area contributed by atoms with E-state index < -0.39 is 29.1 Å². The van der Waals surface area contributed by atoms with E-state index >= 15 is 8.78 Å². The lowest BCUT2D eigenvalue weighted by molar-refractivity contribution is -0.141. The first-order chi connectivity index (χ1) is 22.0. The van der Waals surface area contributed by atoms with Crippen molar-refractivity contribution in [3.8, 4) is 11.1 Å². The monoisotopic (exact) mass is 634 g/mol. The summed E-state index contributed by atoms with van der Waals surface area (Å²) in [4.78, 5) is 41.9. The molecule has 0 bridgehead atoms. The van der Waals surface area contributed by atoms with Crippen LogP contribution in [-0.4, -0.2) is 73.8 Å². The number of amides is 2. The van der Waals surface area contributed by atoms with E-state index in [-0.39, 0.29) is 41.1 Å². The molecule has 3 aliphatic rings. The number of aromatic nitrogens is 5. The predicted molar refractivity (Wildman–Crippen MR) is 162 cm³/mol. The molecule has 0 atom stereocenters. The number of alkyl halides is 2. The molecule has 0 saturated carbocycles. The summed E-state index contributed by atoms with van der Waals surface area (Å²) < 4.78 is 51.8. The third kappa shape index (κ3) is 5.09. The number of piperidine rings is 1. The van der Waals surface area contributed by atoms with Crippen molar-refractivity contribution in [1.82, 2.24) is 29.6 Å². The van der Waals surface area contributed by atoms with Gasteiger partial charge in [-0.15, -0.1) is 0 Å². The van der Waals surface area contributed by atoms with Crippen LogP contribution >= 0.6 is 0 Å². The van der Waals surface area contributed by atoms with Crippen LogP contribution in [0, 0.1) is 11.7 Å². The number of nitrogens with zero attached hydrogens (tertiary/aromatic N) is 7. The molecule has 0 aliphatic carbocycles. The van der Waals surface area contributed by atoms with E-state index in [1.807, 2.05) is 18.5 Å². The maximum atomic E-state index is 15.6. The van der Waals surface area contributed by atoms with E-state index in [1.165, 1.54) is 12.1 Å². The molecule has 0 spiro atoms. The number of nitrogens with two attached hydrogens (primary N) is 1. The third-order valence-corrected chi connectivity index (χ3v) is 9.05. The van der Waals surface area contributed by atoms with Crippen LogP contribution in [0.2, 0.25) is 0 Å². The maximum absolute atomic E-state index is 15.6. The largest absolute Gasteiger partial charge is 0.378 e. The molecule has 4 aromatic rings. The lowest BCUT2D eigenvalue weighted by Gasteiger charge is -2.41. The second-order valence-electron chi connectivity index (χ2n) is 12.6. The van der Waals surface area contributed by atoms with Gasteiger partial charge in [0.25, 0.3) is 5.91 Å². The number of rotatable bonds is 8. The highest BCUT2D eigenvalue weighted by molar-refractivity contribution is 6.10. The van der Waals surface area contributed by atoms with Gasteiger partial charge < -0.3 is 10.5 Å². The Kier molecular flexibility index (Phi) is 7.51. The number of halogens is 3. The Morgan fingerprint density at radius 2 is 1.83 bits per heavy atom. The number of ether oxygens (including phenoxy) is 1. The van der Waals surface area contributed by atoms with Crippen molar-refractivity contribution >= 4 is 28.5 Å². The molecular weight excluding hydrogens is 601 g/mol. The normalized spacial score (nSPS) is 18.8. The van der Waals surface area contributed by atoms with Gasteiger partial charge in [-0.2, -0.15) is 13.9 Å². The summed E-state index contributed by atoms with van der Waals surface area (Å²) in [5, 5.41) is 5.23. The van der Waals surface area contributed by atoms with E-state index in [2.05, 4.69) is 14.9 Å². The molecule has 2 N–H and O–H groups in total. The minimum atomic E-state index is -3.87. The van der Waals surface area contributed by atoms with Crippen molar-refractivity contribution < 1.29 is 27.5 Å². The van der Waals surface area contributed by atoms with Crippen molar-refractivity contribution in [2.45, 2.75) is 57.7 Å². The Bertz CT molecular complexity index is 1830. The van der Waals surface area contributed by atoms with Crippen molar-refractivity contribution in [2.75, 3.05) is 31.2 Å². The van der Waals surface area contributed by atoms with Crippen LogP contribution in [0.15, 0.2) is 36.8 Å². The number of carbonyl (C=O) groups is 2. The number of pyridine rings is 1. The van der Waals surface area contributed by atoms with Gasteiger partial charge in [0.15, 0.2) is 11.5 Å². The van der Waals surface area contributed by atoms with Gasteiger partial charge in [-0.25, -0.2) is 24.0 Å². The highest BCUT2D eigenvalue weighted by Crippen LogP contribution is 2.47. The molecule has 46 heavy (non-hydrogen) atoms. The zero-order valence-electron chi connectivity index (χ0n) is 25.4. The Labute approximate surface area is 262 Å². The summed E-state index contributed by atoms with van der Waals surface area (Å²) in [7, 11) is 0. The Morgan fingerprint density at radius 1 is 1.11 bits per heavy atom. The molecule has 7 rings (SSSR count). The second-order valence-corrected chi connectivity index (χ2v) is 12.6. The van der Waals surface area contributed by atoms with E-state index in [1.54, 1.807) is 12.3 Å². The second kappa shape index (κ2) is 11.4. The SMILES string of the molecule is CC(C)Cc1nc2c(cnn2C2CCN(C3COC3)CC2)c(-c2ccc3c(c2)C(F)(F)C(=O)N3Cc2ncc(F)cn2)c1C(N)=O. The van der Waals surface area contributed by atoms with Crippen LogP contribution in [0.4, 0.5) is 18.9 Å². The summed E-state index contributed by atoms with van der Waals surface area (Å²) in [6.45, 7) is 6.89. The number of hydrogen-bond acceptors (Lipinski definition) is 8. The molecule has 0 radical (unpaired) electrons. The first kappa shape index (κ1) is 30.2. The first-order valence-corrected chi connectivity index (χ1v) is 15.4. The Hall–Kier alpha value is -4.43. The number of likely N-dealkylation sites (tertiary alicyclic amines) is 1. The number of carbonyl (C=O) groups excluding carboxylic acids is 2. The molecule has 11 nitrogen and oxygen atoms in total. The summed E-state index contributed by atoms with van der Waals surface area (Å²) in [6.07, 6.45) is 5.56. The standard InChI is InChI=1S/C32H33F3N8O3/c1-17(2)9-24-28(29(36)44)27(22-13-39-43(30(22)40-24)20-5-7-41(8-6-20)21-15-46-16-21)18-3-4-25-23(10-18)32(34,35)31(45)42(25)14-26-37-11-19(33)12-38-26/h3-4,10-13,17,20-21H,5-9,14-16H2,1-2H3,(H2,36,44). The van der Waals surface area contributed by atoms with Gasteiger partial charge in [-0.1, -0.05) is 19.9 Å². The average Bonchev–Trinajstić information content (AvgIpc) is 3.49. The van der Waals surface area contributed by atoms with Gasteiger partial charge in [-0.05, 0) is 42.9 Å². The Balaban J connectivity index is 1.33. The highest BCUT2D eigenvalue weighted by Gasteiger charge is 2.53. The maximum Gasteiger partial charge on any atom is 0.352 e. The minimum Gasteiger partial charge on any atom is -0.378 e. The molecule has 2 saturated heterocycles. The van der Waals surface area contributed by atoms with Crippen LogP contribution in [0.25, 0.3) is 22.2 Å². The summed E-state index contributed by atoms with van der Waals surface area (Å²) in [5.74, 6) is -6.61. The van der Waals surface area contributed by atoms with Crippen molar-refractivity contribution in [1.29, 1.82) is 0 Å². The minimum absolute atomic E-state index is 0.00642. The van der Waals surface area contributed by atoms with Crippen LogP contribution in [-0.2, 0) is 28.4 Å². The molecule has 1 aromatic carbocycles. The van der Waals surface area contributed by atoms with E-state index in [0.717, 1.165) is 56.4 Å². The topological polar surface area (TPSA) is 132 Å². The van der Waals surface area contributed by atoms with Crippen molar-refractivity contribution in [3.05, 3.63) is 65.3 Å². The smallest absolute Gasteiger partial charge is 0.352 e. The van der Waals surface area contributed by atoms with Crippen LogP contribution < -0.4 is 10.6 Å². The summed E-state index contributed by atoms with van der Waals surface area (Å²) >= 11 is 0. The predicted octanol–water partition coefficient (Wildman–Crippen LogP) is 4.00. The first-order valence-electron chi connectivity index (χ1n) is 15.4.